The zero-order chi connectivity index (χ0) is 20.1. The summed E-state index contributed by atoms with van der Waals surface area (Å²) in [7, 11) is 0. The van der Waals surface area contributed by atoms with E-state index in [4.69, 9.17) is 4.74 Å². The van der Waals surface area contributed by atoms with E-state index in [-0.39, 0.29) is 17.9 Å². The third kappa shape index (κ3) is 4.92. The van der Waals surface area contributed by atoms with Crippen LogP contribution < -0.4 is 10.1 Å². The average molecular weight is 376 g/mol. The number of amides is 1. The van der Waals surface area contributed by atoms with Crippen molar-refractivity contribution >= 4 is 22.4 Å². The number of benzene rings is 3. The average Bonchev–Trinajstić information content (AvgIpc) is 2.66. The van der Waals surface area contributed by atoms with E-state index in [1.165, 1.54) is 5.56 Å². The van der Waals surface area contributed by atoms with Gasteiger partial charge in [-0.05, 0) is 54.8 Å². The number of ether oxygens (including phenoxy) is 1. The zero-order valence-corrected chi connectivity index (χ0v) is 17.1. The number of carbonyl (C=O) groups excluding carboxylic acids is 1. The molecule has 0 radical (unpaired) electrons. The van der Waals surface area contributed by atoms with Gasteiger partial charge in [-0.15, -0.1) is 0 Å². The summed E-state index contributed by atoms with van der Waals surface area (Å²) in [5, 5.41) is 5.30. The Hall–Kier alpha value is -2.81. The largest absolute Gasteiger partial charge is 0.491 e. The van der Waals surface area contributed by atoms with Gasteiger partial charge in [0.15, 0.2) is 0 Å². The Kier molecular flexibility index (Phi) is 6.35. The molecule has 0 saturated heterocycles. The Bertz CT molecular complexity index is 923. The molecule has 3 aromatic rings. The minimum Gasteiger partial charge on any atom is -0.491 e. The second-order valence-electron chi connectivity index (χ2n) is 7.87. The fourth-order valence-corrected chi connectivity index (χ4v) is 3.54. The van der Waals surface area contributed by atoms with Gasteiger partial charge >= 0.3 is 0 Å². The maximum absolute atomic E-state index is 12.8. The van der Waals surface area contributed by atoms with Crippen LogP contribution in [-0.4, -0.2) is 12.0 Å². The van der Waals surface area contributed by atoms with Crippen LogP contribution in [0.5, 0.6) is 5.75 Å². The van der Waals surface area contributed by atoms with Crippen molar-refractivity contribution < 1.29 is 9.53 Å². The molecule has 0 fully saturated rings. The van der Waals surface area contributed by atoms with Crippen LogP contribution in [0.2, 0.25) is 0 Å². The fourth-order valence-electron chi connectivity index (χ4n) is 3.54. The van der Waals surface area contributed by atoms with E-state index in [9.17, 15) is 4.79 Å². The molecular weight excluding hydrogens is 346 g/mol. The highest BCUT2D eigenvalue weighted by molar-refractivity contribution is 6.02. The SMILES string of the molecule is CC(C)Oc1ccc([C@H](CC(=O)Nc2cccc3ccccc23)C(C)C)cc1. The molecule has 0 aliphatic carbocycles. The van der Waals surface area contributed by atoms with Gasteiger partial charge in [-0.25, -0.2) is 0 Å². The van der Waals surface area contributed by atoms with Crippen LogP contribution >= 0.6 is 0 Å². The summed E-state index contributed by atoms with van der Waals surface area (Å²) in [5.41, 5.74) is 2.03. The molecule has 28 heavy (non-hydrogen) atoms. The zero-order valence-electron chi connectivity index (χ0n) is 17.1. The molecule has 0 heterocycles. The van der Waals surface area contributed by atoms with E-state index in [0.29, 0.717) is 12.3 Å². The van der Waals surface area contributed by atoms with Gasteiger partial charge in [0.2, 0.25) is 5.91 Å². The van der Waals surface area contributed by atoms with Gasteiger partial charge in [0.1, 0.15) is 5.75 Å². The minimum absolute atomic E-state index is 0.0394. The maximum Gasteiger partial charge on any atom is 0.225 e. The third-order valence-electron chi connectivity index (χ3n) is 4.95. The molecular formula is C25H29NO2. The van der Waals surface area contributed by atoms with Crippen molar-refractivity contribution in [1.29, 1.82) is 0 Å². The minimum atomic E-state index is 0.0394. The van der Waals surface area contributed by atoms with Crippen molar-refractivity contribution in [2.24, 2.45) is 5.92 Å². The molecule has 0 unspecified atom stereocenters. The van der Waals surface area contributed by atoms with Crippen molar-refractivity contribution in [2.75, 3.05) is 5.32 Å². The van der Waals surface area contributed by atoms with Crippen molar-refractivity contribution in [3.63, 3.8) is 0 Å². The van der Waals surface area contributed by atoms with Gasteiger partial charge in [0, 0.05) is 17.5 Å². The highest BCUT2D eigenvalue weighted by Crippen LogP contribution is 2.31. The van der Waals surface area contributed by atoms with Crippen LogP contribution in [0.1, 0.15) is 45.6 Å². The van der Waals surface area contributed by atoms with E-state index in [0.717, 1.165) is 22.2 Å². The van der Waals surface area contributed by atoms with Gasteiger partial charge in [0.25, 0.3) is 0 Å². The van der Waals surface area contributed by atoms with E-state index in [1.54, 1.807) is 0 Å². The molecule has 3 rings (SSSR count). The summed E-state index contributed by atoms with van der Waals surface area (Å²) in [6.07, 6.45) is 0.601. The normalized spacial score (nSPS) is 12.4. The fraction of sp³-hybridized carbons (Fsp3) is 0.320. The lowest BCUT2D eigenvalue weighted by molar-refractivity contribution is -0.116. The summed E-state index contributed by atoms with van der Waals surface area (Å²) in [4.78, 5) is 12.8. The molecule has 1 atom stereocenters. The van der Waals surface area contributed by atoms with Gasteiger partial charge in [-0.3, -0.25) is 4.79 Å². The number of hydrogen-bond acceptors (Lipinski definition) is 2. The second-order valence-corrected chi connectivity index (χ2v) is 7.87. The molecule has 3 heteroatoms. The summed E-state index contributed by atoms with van der Waals surface area (Å²) in [6.45, 7) is 8.35. The number of fused-ring (bicyclic) bond motifs is 1. The van der Waals surface area contributed by atoms with Crippen molar-refractivity contribution in [3.05, 3.63) is 72.3 Å². The van der Waals surface area contributed by atoms with Crippen molar-refractivity contribution in [3.8, 4) is 5.75 Å². The van der Waals surface area contributed by atoms with E-state index in [1.807, 2.05) is 56.3 Å². The smallest absolute Gasteiger partial charge is 0.225 e. The lowest BCUT2D eigenvalue weighted by Crippen LogP contribution is -2.19. The monoisotopic (exact) mass is 375 g/mol. The second kappa shape index (κ2) is 8.92. The van der Waals surface area contributed by atoms with Crippen molar-refractivity contribution in [1.82, 2.24) is 0 Å². The van der Waals surface area contributed by atoms with Crippen molar-refractivity contribution in [2.45, 2.75) is 46.1 Å². The van der Waals surface area contributed by atoms with Gasteiger partial charge in [-0.2, -0.15) is 0 Å². The summed E-state index contributed by atoms with van der Waals surface area (Å²) in [5.74, 6) is 1.41. The highest BCUT2D eigenvalue weighted by atomic mass is 16.5. The first kappa shape index (κ1) is 19.9. The first-order chi connectivity index (χ1) is 13.4. The van der Waals surface area contributed by atoms with Crippen LogP contribution in [0.15, 0.2) is 66.7 Å². The maximum atomic E-state index is 12.8. The van der Waals surface area contributed by atoms with Crippen LogP contribution in [-0.2, 0) is 4.79 Å². The number of rotatable bonds is 7. The molecule has 3 aromatic carbocycles. The molecule has 0 saturated carbocycles. The Morgan fingerprint density at radius 3 is 2.25 bits per heavy atom. The Morgan fingerprint density at radius 1 is 0.893 bits per heavy atom. The molecule has 0 aliphatic rings. The van der Waals surface area contributed by atoms with Gasteiger partial charge in [0.05, 0.1) is 6.10 Å². The first-order valence-electron chi connectivity index (χ1n) is 9.98. The lowest BCUT2D eigenvalue weighted by Gasteiger charge is -2.22. The topological polar surface area (TPSA) is 38.3 Å². The molecule has 0 aromatic heterocycles. The highest BCUT2D eigenvalue weighted by Gasteiger charge is 2.20. The Labute approximate surface area is 167 Å². The van der Waals surface area contributed by atoms with Crippen LogP contribution in [0.4, 0.5) is 5.69 Å². The standard InChI is InChI=1S/C25H29NO2/c1-17(2)23(20-12-14-21(15-13-20)28-18(3)4)16-25(27)26-24-11-7-9-19-8-5-6-10-22(19)24/h5-15,17-18,23H,16H2,1-4H3,(H,26,27)/t23-/m1/s1. The molecule has 3 nitrogen and oxygen atoms in total. The van der Waals surface area contributed by atoms with Crippen LogP contribution in [0.25, 0.3) is 10.8 Å². The first-order valence-corrected chi connectivity index (χ1v) is 9.98. The number of anilines is 1. The third-order valence-corrected chi connectivity index (χ3v) is 4.95. The number of carbonyl (C=O) groups is 1. The number of hydrogen-bond donors (Lipinski definition) is 1. The molecule has 0 spiro atoms. The predicted octanol–water partition coefficient (Wildman–Crippen LogP) is 6.40. The van der Waals surface area contributed by atoms with Gasteiger partial charge < -0.3 is 10.1 Å². The van der Waals surface area contributed by atoms with E-state index in [2.05, 4.69) is 43.4 Å². The summed E-state index contributed by atoms with van der Waals surface area (Å²) >= 11 is 0. The van der Waals surface area contributed by atoms with E-state index >= 15 is 0 Å². The van der Waals surface area contributed by atoms with Crippen LogP contribution in [0.3, 0.4) is 0 Å². The molecule has 0 bridgehead atoms. The Morgan fingerprint density at radius 2 is 1.57 bits per heavy atom. The van der Waals surface area contributed by atoms with Gasteiger partial charge in [-0.1, -0.05) is 62.4 Å². The lowest BCUT2D eigenvalue weighted by atomic mass is 9.85. The van der Waals surface area contributed by atoms with E-state index < -0.39 is 0 Å². The molecule has 1 N–H and O–H groups in total. The number of nitrogens with one attached hydrogen (secondary N) is 1. The Balaban J connectivity index is 1.74. The molecule has 146 valence electrons. The van der Waals surface area contributed by atoms with Crippen LogP contribution in [0, 0.1) is 5.92 Å². The summed E-state index contributed by atoms with van der Waals surface area (Å²) in [6, 6.07) is 22.2. The molecule has 0 aliphatic heterocycles. The predicted molar refractivity (Wildman–Crippen MR) is 117 cm³/mol. The quantitative estimate of drug-likeness (QED) is 0.519. The summed E-state index contributed by atoms with van der Waals surface area (Å²) < 4.78 is 5.73. The molecule has 1 amide bonds.